The van der Waals surface area contributed by atoms with Gasteiger partial charge in [-0.3, -0.25) is 0 Å². The molecule has 0 aliphatic rings. The van der Waals surface area contributed by atoms with Crippen molar-refractivity contribution in [3.05, 3.63) is 42.0 Å². The van der Waals surface area contributed by atoms with Gasteiger partial charge in [-0.15, -0.1) is 0 Å². The molecule has 94 valence electrons. The Morgan fingerprint density at radius 1 is 1.18 bits per heavy atom. The molecule has 1 aromatic carbocycles. The molecule has 0 bridgehead atoms. The van der Waals surface area contributed by atoms with Crippen LogP contribution in [0, 0.1) is 11.8 Å². The Bertz CT molecular complexity index is 352. The fourth-order valence-electron chi connectivity index (χ4n) is 1.81. The molecule has 0 aromatic heterocycles. The molecule has 1 rings (SSSR count). The van der Waals surface area contributed by atoms with Crippen LogP contribution in [0.15, 0.2) is 36.4 Å². The summed E-state index contributed by atoms with van der Waals surface area (Å²) in [5, 5.41) is 0. The van der Waals surface area contributed by atoms with Crippen LogP contribution in [0.4, 0.5) is 0 Å². The average molecular weight is 232 g/mol. The molecule has 17 heavy (non-hydrogen) atoms. The Kier molecular flexibility index (Phi) is 5.82. The van der Waals surface area contributed by atoms with Crippen molar-refractivity contribution >= 4 is 0 Å². The average Bonchev–Trinajstić information content (AvgIpc) is 2.28. The molecule has 1 heteroatoms. The number of rotatable bonds is 6. The van der Waals surface area contributed by atoms with Crippen LogP contribution in [-0.2, 0) is 6.42 Å². The molecule has 0 amide bonds. The van der Waals surface area contributed by atoms with Crippen molar-refractivity contribution in [1.82, 2.24) is 0 Å². The van der Waals surface area contributed by atoms with Crippen LogP contribution >= 0.6 is 0 Å². The lowest BCUT2D eigenvalue weighted by Gasteiger charge is -2.14. The third-order valence-electron chi connectivity index (χ3n) is 2.61. The first-order chi connectivity index (χ1) is 8.13. The second-order valence-corrected chi connectivity index (χ2v) is 5.02. The third-order valence-corrected chi connectivity index (χ3v) is 2.61. The molecule has 0 aliphatic heterocycles. The molecular weight excluding hydrogens is 208 g/mol. The quantitative estimate of drug-likeness (QED) is 0.657. The normalized spacial score (nSPS) is 13.2. The van der Waals surface area contributed by atoms with Gasteiger partial charge in [-0.25, -0.2) is 0 Å². The van der Waals surface area contributed by atoms with E-state index in [4.69, 9.17) is 4.74 Å². The van der Waals surface area contributed by atoms with E-state index in [1.165, 1.54) is 5.56 Å². The van der Waals surface area contributed by atoms with Crippen LogP contribution in [0.2, 0.25) is 0 Å². The number of para-hydroxylation sites is 1. The van der Waals surface area contributed by atoms with Gasteiger partial charge in [0.2, 0.25) is 0 Å². The van der Waals surface area contributed by atoms with Gasteiger partial charge < -0.3 is 4.74 Å². The van der Waals surface area contributed by atoms with Crippen molar-refractivity contribution in [2.45, 2.75) is 34.1 Å². The van der Waals surface area contributed by atoms with E-state index >= 15 is 0 Å². The molecule has 0 saturated carbocycles. The van der Waals surface area contributed by atoms with Crippen molar-refractivity contribution in [2.75, 3.05) is 6.61 Å². The van der Waals surface area contributed by atoms with E-state index in [0.29, 0.717) is 11.8 Å². The Hall–Kier alpha value is -1.24. The molecular formula is C16H24O. The molecule has 0 radical (unpaired) electrons. The third kappa shape index (κ3) is 5.08. The second-order valence-electron chi connectivity index (χ2n) is 5.02. The highest BCUT2D eigenvalue weighted by atomic mass is 16.5. The summed E-state index contributed by atoms with van der Waals surface area (Å²) in [6.45, 7) is 9.43. The lowest BCUT2D eigenvalue weighted by molar-refractivity contribution is 0.268. The highest BCUT2D eigenvalue weighted by Gasteiger charge is 2.06. The van der Waals surface area contributed by atoms with Crippen LogP contribution < -0.4 is 4.74 Å². The predicted molar refractivity (Wildman–Crippen MR) is 74.5 cm³/mol. The first kappa shape index (κ1) is 13.8. The SMILES string of the molecule is C/C=C\C(C)Cc1ccccc1OCC(C)C. The second kappa shape index (κ2) is 7.16. The zero-order valence-electron chi connectivity index (χ0n) is 11.4. The topological polar surface area (TPSA) is 9.23 Å². The molecule has 1 aromatic rings. The van der Waals surface area contributed by atoms with Gasteiger partial charge in [-0.05, 0) is 36.8 Å². The zero-order chi connectivity index (χ0) is 12.7. The number of hydrogen-bond donors (Lipinski definition) is 0. The minimum Gasteiger partial charge on any atom is -0.493 e. The predicted octanol–water partition coefficient (Wildman–Crippen LogP) is 4.48. The van der Waals surface area contributed by atoms with E-state index < -0.39 is 0 Å². The Labute approximate surface area is 106 Å². The fraction of sp³-hybridized carbons (Fsp3) is 0.500. The van der Waals surface area contributed by atoms with Crippen molar-refractivity contribution in [3.8, 4) is 5.75 Å². The van der Waals surface area contributed by atoms with Crippen molar-refractivity contribution in [2.24, 2.45) is 11.8 Å². The maximum absolute atomic E-state index is 5.85. The summed E-state index contributed by atoms with van der Waals surface area (Å²) in [5.41, 5.74) is 1.30. The van der Waals surface area contributed by atoms with Gasteiger partial charge in [0.05, 0.1) is 6.61 Å². The van der Waals surface area contributed by atoms with Crippen LogP contribution in [-0.4, -0.2) is 6.61 Å². The summed E-state index contributed by atoms with van der Waals surface area (Å²) in [4.78, 5) is 0. The van der Waals surface area contributed by atoms with Gasteiger partial charge in [0.1, 0.15) is 5.75 Å². The number of benzene rings is 1. The van der Waals surface area contributed by atoms with Crippen LogP contribution in [0.3, 0.4) is 0 Å². The summed E-state index contributed by atoms with van der Waals surface area (Å²) in [6, 6.07) is 8.36. The fourth-order valence-corrected chi connectivity index (χ4v) is 1.81. The van der Waals surface area contributed by atoms with E-state index in [0.717, 1.165) is 18.8 Å². The molecule has 0 heterocycles. The van der Waals surface area contributed by atoms with Crippen LogP contribution in [0.5, 0.6) is 5.75 Å². The van der Waals surface area contributed by atoms with Gasteiger partial charge in [0.15, 0.2) is 0 Å². The Morgan fingerprint density at radius 3 is 2.53 bits per heavy atom. The molecule has 0 spiro atoms. The molecule has 0 N–H and O–H groups in total. The lowest BCUT2D eigenvalue weighted by Crippen LogP contribution is -2.07. The van der Waals surface area contributed by atoms with E-state index in [2.05, 4.69) is 58.0 Å². The summed E-state index contributed by atoms with van der Waals surface area (Å²) >= 11 is 0. The van der Waals surface area contributed by atoms with Gasteiger partial charge in [-0.2, -0.15) is 0 Å². The number of ether oxygens (including phenoxy) is 1. The Balaban J connectivity index is 2.70. The smallest absolute Gasteiger partial charge is 0.122 e. The highest BCUT2D eigenvalue weighted by molar-refractivity contribution is 5.34. The van der Waals surface area contributed by atoms with E-state index in [1.54, 1.807) is 0 Å². The molecule has 1 nitrogen and oxygen atoms in total. The molecule has 1 unspecified atom stereocenters. The summed E-state index contributed by atoms with van der Waals surface area (Å²) < 4.78 is 5.85. The van der Waals surface area contributed by atoms with E-state index in [1.807, 2.05) is 6.07 Å². The first-order valence-electron chi connectivity index (χ1n) is 6.47. The largest absolute Gasteiger partial charge is 0.493 e. The lowest BCUT2D eigenvalue weighted by atomic mass is 10.00. The molecule has 0 fully saturated rings. The minimum absolute atomic E-state index is 0.559. The van der Waals surface area contributed by atoms with E-state index in [-0.39, 0.29) is 0 Å². The number of allylic oxidation sites excluding steroid dienone is 2. The van der Waals surface area contributed by atoms with Crippen molar-refractivity contribution in [1.29, 1.82) is 0 Å². The zero-order valence-corrected chi connectivity index (χ0v) is 11.4. The maximum Gasteiger partial charge on any atom is 0.122 e. The first-order valence-corrected chi connectivity index (χ1v) is 6.47. The minimum atomic E-state index is 0.559. The molecule has 1 atom stereocenters. The summed E-state index contributed by atoms with van der Waals surface area (Å²) in [7, 11) is 0. The van der Waals surface area contributed by atoms with E-state index in [9.17, 15) is 0 Å². The summed E-state index contributed by atoms with van der Waals surface area (Å²) in [6.07, 6.45) is 5.39. The Morgan fingerprint density at radius 2 is 1.88 bits per heavy atom. The van der Waals surface area contributed by atoms with Gasteiger partial charge in [-0.1, -0.05) is 51.1 Å². The highest BCUT2D eigenvalue weighted by Crippen LogP contribution is 2.22. The number of hydrogen-bond acceptors (Lipinski definition) is 1. The molecule has 0 saturated heterocycles. The van der Waals surface area contributed by atoms with Crippen LogP contribution in [0.1, 0.15) is 33.3 Å². The van der Waals surface area contributed by atoms with Crippen molar-refractivity contribution < 1.29 is 4.74 Å². The van der Waals surface area contributed by atoms with Crippen LogP contribution in [0.25, 0.3) is 0 Å². The molecule has 0 aliphatic carbocycles. The monoisotopic (exact) mass is 232 g/mol. The van der Waals surface area contributed by atoms with Gasteiger partial charge >= 0.3 is 0 Å². The van der Waals surface area contributed by atoms with Gasteiger partial charge in [0, 0.05) is 0 Å². The van der Waals surface area contributed by atoms with Crippen molar-refractivity contribution in [3.63, 3.8) is 0 Å². The maximum atomic E-state index is 5.85. The van der Waals surface area contributed by atoms with Gasteiger partial charge in [0.25, 0.3) is 0 Å². The standard InChI is InChI=1S/C16H24O/c1-5-8-14(4)11-15-9-6-7-10-16(15)17-12-13(2)3/h5-10,13-14H,11-12H2,1-4H3/b8-5-. The summed E-state index contributed by atoms with van der Waals surface area (Å²) in [5.74, 6) is 2.16.